The van der Waals surface area contributed by atoms with Gasteiger partial charge in [0.05, 0.1) is 0 Å². The Kier molecular flexibility index (Phi) is 6.01. The van der Waals surface area contributed by atoms with E-state index in [-0.39, 0.29) is 11.9 Å². The van der Waals surface area contributed by atoms with Crippen LogP contribution in [0.1, 0.15) is 22.8 Å². The van der Waals surface area contributed by atoms with Crippen LogP contribution in [0.15, 0.2) is 24.3 Å². The van der Waals surface area contributed by atoms with E-state index in [2.05, 4.69) is 5.32 Å². The van der Waals surface area contributed by atoms with Crippen molar-refractivity contribution in [3.8, 4) is 0 Å². The highest BCUT2D eigenvalue weighted by molar-refractivity contribution is 7.84. The van der Waals surface area contributed by atoms with E-state index in [1.165, 1.54) is 0 Å². The third kappa shape index (κ3) is 4.58. The monoisotopic (exact) mass is 268 g/mol. The number of nitrogens with two attached hydrogens (primary N) is 1. The normalized spacial score (nSPS) is 13.9. The van der Waals surface area contributed by atoms with Gasteiger partial charge in [0.25, 0.3) is 5.91 Å². The molecule has 0 fully saturated rings. The second kappa shape index (κ2) is 7.28. The summed E-state index contributed by atoms with van der Waals surface area (Å²) in [5.41, 5.74) is 7.12. The molecule has 0 bridgehead atoms. The summed E-state index contributed by atoms with van der Waals surface area (Å²) in [6.45, 7) is 2.36. The van der Waals surface area contributed by atoms with E-state index >= 15 is 0 Å². The van der Waals surface area contributed by atoms with Crippen LogP contribution in [-0.4, -0.2) is 34.7 Å². The van der Waals surface area contributed by atoms with Gasteiger partial charge in [-0.15, -0.1) is 0 Å². The molecule has 1 amide bonds. The molecule has 100 valence electrons. The minimum absolute atomic E-state index is 0.103. The van der Waals surface area contributed by atoms with E-state index in [9.17, 15) is 9.00 Å². The Morgan fingerprint density at radius 2 is 2.11 bits per heavy atom. The second-order valence-corrected chi connectivity index (χ2v) is 5.79. The molecular weight excluding hydrogens is 248 g/mol. The Morgan fingerprint density at radius 3 is 2.72 bits per heavy atom. The Labute approximate surface area is 110 Å². The summed E-state index contributed by atoms with van der Waals surface area (Å²) in [6.07, 6.45) is 2.31. The first-order valence-electron chi connectivity index (χ1n) is 5.93. The lowest BCUT2D eigenvalue weighted by molar-refractivity contribution is 0.0943. The summed E-state index contributed by atoms with van der Waals surface area (Å²) in [5.74, 6) is 0.335. The molecule has 1 rings (SSSR count). The van der Waals surface area contributed by atoms with Crippen LogP contribution in [0, 0.1) is 0 Å². The standard InChI is InChI=1S/C13H20N2O2S/c1-10(9-18(2)17)15-13(16)12-6-4-3-5-11(12)7-8-14/h3-6,10H,7-9,14H2,1-2H3,(H,15,16). The summed E-state index contributed by atoms with van der Waals surface area (Å²) in [7, 11) is -0.912. The topological polar surface area (TPSA) is 72.2 Å². The number of rotatable bonds is 6. The van der Waals surface area contributed by atoms with E-state index < -0.39 is 10.8 Å². The Bertz CT molecular complexity index is 435. The van der Waals surface area contributed by atoms with Gasteiger partial charge >= 0.3 is 0 Å². The first-order chi connectivity index (χ1) is 8.54. The van der Waals surface area contributed by atoms with Gasteiger partial charge < -0.3 is 11.1 Å². The largest absolute Gasteiger partial charge is 0.349 e. The summed E-state index contributed by atoms with van der Waals surface area (Å²) in [6, 6.07) is 7.32. The van der Waals surface area contributed by atoms with E-state index in [0.29, 0.717) is 24.3 Å². The molecule has 0 aliphatic heterocycles. The van der Waals surface area contributed by atoms with E-state index in [4.69, 9.17) is 5.73 Å². The Morgan fingerprint density at radius 1 is 1.44 bits per heavy atom. The van der Waals surface area contributed by atoms with Crippen LogP contribution in [0.5, 0.6) is 0 Å². The van der Waals surface area contributed by atoms with Crippen LogP contribution in [0.2, 0.25) is 0 Å². The molecule has 0 aromatic heterocycles. The summed E-state index contributed by atoms with van der Waals surface area (Å²) in [5, 5.41) is 2.85. The molecule has 1 aromatic carbocycles. The van der Waals surface area contributed by atoms with E-state index in [1.54, 1.807) is 12.3 Å². The SMILES string of the molecule is CC(CS(C)=O)NC(=O)c1ccccc1CCN. The lowest BCUT2D eigenvalue weighted by Crippen LogP contribution is -2.36. The van der Waals surface area contributed by atoms with Gasteiger partial charge in [-0.3, -0.25) is 9.00 Å². The van der Waals surface area contributed by atoms with Crippen LogP contribution >= 0.6 is 0 Å². The van der Waals surface area contributed by atoms with Gasteiger partial charge in [0, 0.05) is 34.4 Å². The molecule has 4 nitrogen and oxygen atoms in total. The smallest absolute Gasteiger partial charge is 0.251 e. The van der Waals surface area contributed by atoms with Crippen LogP contribution in [-0.2, 0) is 17.2 Å². The van der Waals surface area contributed by atoms with Crippen LogP contribution in [0.25, 0.3) is 0 Å². The molecule has 18 heavy (non-hydrogen) atoms. The fourth-order valence-electron chi connectivity index (χ4n) is 1.81. The zero-order chi connectivity index (χ0) is 13.5. The molecule has 0 heterocycles. The molecule has 2 unspecified atom stereocenters. The van der Waals surface area contributed by atoms with Crippen molar-refractivity contribution < 1.29 is 9.00 Å². The Balaban J connectivity index is 2.74. The molecule has 3 N–H and O–H groups in total. The molecule has 0 saturated heterocycles. The number of carbonyl (C=O) groups is 1. The average molecular weight is 268 g/mol. The lowest BCUT2D eigenvalue weighted by Gasteiger charge is -2.14. The molecule has 2 atom stereocenters. The van der Waals surface area contributed by atoms with Gasteiger partial charge in [-0.1, -0.05) is 18.2 Å². The predicted molar refractivity (Wildman–Crippen MR) is 75.1 cm³/mol. The fourth-order valence-corrected chi connectivity index (χ4v) is 2.60. The van der Waals surface area contributed by atoms with Crippen molar-refractivity contribution in [2.24, 2.45) is 5.73 Å². The van der Waals surface area contributed by atoms with E-state index in [1.807, 2.05) is 25.1 Å². The first-order valence-corrected chi connectivity index (χ1v) is 7.66. The van der Waals surface area contributed by atoms with Gasteiger partial charge in [-0.05, 0) is 31.5 Å². The van der Waals surface area contributed by atoms with Crippen LogP contribution in [0.4, 0.5) is 0 Å². The molecule has 0 aliphatic rings. The summed E-state index contributed by atoms with van der Waals surface area (Å²) in [4.78, 5) is 12.1. The molecule has 0 aliphatic carbocycles. The number of amides is 1. The molecular formula is C13H20N2O2S. The fraction of sp³-hybridized carbons (Fsp3) is 0.462. The second-order valence-electron chi connectivity index (χ2n) is 4.31. The highest BCUT2D eigenvalue weighted by Crippen LogP contribution is 2.09. The minimum Gasteiger partial charge on any atom is -0.349 e. The predicted octanol–water partition coefficient (Wildman–Crippen LogP) is 0.685. The lowest BCUT2D eigenvalue weighted by atomic mass is 10.0. The summed E-state index contributed by atoms with van der Waals surface area (Å²) >= 11 is 0. The number of hydrogen-bond acceptors (Lipinski definition) is 3. The van der Waals surface area contributed by atoms with Crippen molar-refractivity contribution in [1.82, 2.24) is 5.32 Å². The number of carbonyl (C=O) groups excluding carboxylic acids is 1. The summed E-state index contributed by atoms with van der Waals surface area (Å²) < 4.78 is 11.1. The van der Waals surface area contributed by atoms with Gasteiger partial charge in [-0.25, -0.2) is 0 Å². The van der Waals surface area contributed by atoms with E-state index in [0.717, 1.165) is 5.56 Å². The average Bonchev–Trinajstić information content (AvgIpc) is 2.28. The third-order valence-electron chi connectivity index (χ3n) is 2.54. The molecule has 0 radical (unpaired) electrons. The van der Waals surface area contributed by atoms with Crippen molar-refractivity contribution in [1.29, 1.82) is 0 Å². The van der Waals surface area contributed by atoms with Crippen molar-refractivity contribution in [3.63, 3.8) is 0 Å². The first kappa shape index (κ1) is 14.9. The Hall–Kier alpha value is -1.20. The highest BCUT2D eigenvalue weighted by atomic mass is 32.2. The number of nitrogens with one attached hydrogen (secondary N) is 1. The number of hydrogen-bond donors (Lipinski definition) is 2. The zero-order valence-electron chi connectivity index (χ0n) is 10.8. The molecule has 0 spiro atoms. The minimum atomic E-state index is -0.912. The highest BCUT2D eigenvalue weighted by Gasteiger charge is 2.13. The van der Waals surface area contributed by atoms with Crippen molar-refractivity contribution in [3.05, 3.63) is 35.4 Å². The van der Waals surface area contributed by atoms with Crippen LogP contribution in [0.3, 0.4) is 0 Å². The van der Waals surface area contributed by atoms with Gasteiger partial charge in [0.2, 0.25) is 0 Å². The maximum atomic E-state index is 12.1. The van der Waals surface area contributed by atoms with Crippen molar-refractivity contribution >= 4 is 16.7 Å². The quantitative estimate of drug-likeness (QED) is 0.797. The maximum Gasteiger partial charge on any atom is 0.251 e. The third-order valence-corrected chi connectivity index (χ3v) is 3.51. The zero-order valence-corrected chi connectivity index (χ0v) is 11.6. The van der Waals surface area contributed by atoms with Crippen LogP contribution < -0.4 is 11.1 Å². The van der Waals surface area contributed by atoms with Gasteiger partial charge in [-0.2, -0.15) is 0 Å². The van der Waals surface area contributed by atoms with Gasteiger partial charge in [0.1, 0.15) is 0 Å². The van der Waals surface area contributed by atoms with Crippen molar-refractivity contribution in [2.45, 2.75) is 19.4 Å². The molecule has 0 saturated carbocycles. The number of benzene rings is 1. The van der Waals surface area contributed by atoms with Crippen molar-refractivity contribution in [2.75, 3.05) is 18.6 Å². The maximum absolute atomic E-state index is 12.1. The molecule has 1 aromatic rings. The molecule has 5 heteroatoms. The van der Waals surface area contributed by atoms with Gasteiger partial charge in [0.15, 0.2) is 0 Å².